The molecule has 160 valence electrons. The van der Waals surface area contributed by atoms with Crippen LogP contribution in [0.4, 0.5) is 10.7 Å². The Morgan fingerprint density at radius 1 is 1.10 bits per heavy atom. The quantitative estimate of drug-likeness (QED) is 0.792. The van der Waals surface area contributed by atoms with E-state index in [9.17, 15) is 9.90 Å². The number of ether oxygens (including phenoxy) is 1. The molecule has 0 spiro atoms. The van der Waals surface area contributed by atoms with Crippen molar-refractivity contribution >= 4 is 12.0 Å². The number of hydrogen-bond donors (Lipinski definition) is 2. The van der Waals surface area contributed by atoms with Crippen LogP contribution >= 0.6 is 0 Å². The largest absolute Gasteiger partial charge is 0.444 e. The Balaban J connectivity index is 1.62. The van der Waals surface area contributed by atoms with Gasteiger partial charge in [-0.15, -0.1) is 0 Å². The second-order valence-corrected chi connectivity index (χ2v) is 9.17. The van der Waals surface area contributed by atoms with Gasteiger partial charge in [0.2, 0.25) is 5.95 Å². The number of fused-ring (bicyclic) bond motifs is 1. The molecule has 0 bridgehead atoms. The third-order valence-corrected chi connectivity index (χ3v) is 5.51. The maximum absolute atomic E-state index is 12.6. The normalized spacial score (nSPS) is 21.3. The van der Waals surface area contributed by atoms with E-state index >= 15 is 0 Å². The van der Waals surface area contributed by atoms with Gasteiger partial charge in [-0.05, 0) is 46.5 Å². The van der Waals surface area contributed by atoms with E-state index in [4.69, 9.17) is 14.7 Å². The van der Waals surface area contributed by atoms with Crippen LogP contribution < -0.4 is 5.32 Å². The maximum Gasteiger partial charge on any atom is 0.410 e. The molecule has 2 heterocycles. The number of aliphatic hydroxyl groups is 1. The van der Waals surface area contributed by atoms with Crippen LogP contribution in [0, 0.1) is 0 Å². The summed E-state index contributed by atoms with van der Waals surface area (Å²) in [6, 6.07) is 10.3. The zero-order valence-electron chi connectivity index (χ0n) is 17.9. The maximum atomic E-state index is 12.6. The third kappa shape index (κ3) is 4.73. The predicted molar refractivity (Wildman–Crippen MR) is 115 cm³/mol. The molecular weight excluding hydrogens is 380 g/mol. The first-order valence-electron chi connectivity index (χ1n) is 10.7. The molecular formula is C23H30N4O3. The first-order chi connectivity index (χ1) is 14.3. The molecule has 30 heavy (non-hydrogen) atoms. The van der Waals surface area contributed by atoms with E-state index in [1.807, 2.05) is 51.1 Å². The second kappa shape index (κ2) is 8.22. The monoisotopic (exact) mass is 410 g/mol. The molecule has 1 saturated carbocycles. The van der Waals surface area contributed by atoms with Gasteiger partial charge in [0.15, 0.2) is 0 Å². The molecule has 4 rings (SSSR count). The first kappa shape index (κ1) is 20.6. The lowest BCUT2D eigenvalue weighted by molar-refractivity contribution is 0.0241. The summed E-state index contributed by atoms with van der Waals surface area (Å²) in [6.07, 6.45) is 2.83. The van der Waals surface area contributed by atoms with E-state index in [2.05, 4.69) is 5.32 Å². The molecule has 1 fully saturated rings. The van der Waals surface area contributed by atoms with Gasteiger partial charge in [0.05, 0.1) is 30.6 Å². The summed E-state index contributed by atoms with van der Waals surface area (Å²) in [6.45, 7) is 6.44. The molecule has 1 amide bonds. The molecule has 2 N–H and O–H groups in total. The van der Waals surface area contributed by atoms with E-state index in [0.29, 0.717) is 19.0 Å². The summed E-state index contributed by atoms with van der Waals surface area (Å²) in [5.74, 6) is 0.583. The molecule has 1 aliphatic heterocycles. The average molecular weight is 411 g/mol. The van der Waals surface area contributed by atoms with E-state index in [1.165, 1.54) is 0 Å². The van der Waals surface area contributed by atoms with Crippen molar-refractivity contribution in [3.63, 3.8) is 0 Å². The Morgan fingerprint density at radius 2 is 1.80 bits per heavy atom. The summed E-state index contributed by atoms with van der Waals surface area (Å²) in [5.41, 5.74) is 3.14. The van der Waals surface area contributed by atoms with Gasteiger partial charge >= 0.3 is 6.09 Å². The van der Waals surface area contributed by atoms with E-state index < -0.39 is 5.60 Å². The minimum absolute atomic E-state index is 0.203. The van der Waals surface area contributed by atoms with Crippen LogP contribution in [0.3, 0.4) is 0 Å². The molecule has 0 radical (unpaired) electrons. The van der Waals surface area contributed by atoms with Crippen LogP contribution in [0.1, 0.15) is 57.7 Å². The highest BCUT2D eigenvalue weighted by Gasteiger charge is 2.32. The smallest absolute Gasteiger partial charge is 0.410 e. The van der Waals surface area contributed by atoms with Crippen molar-refractivity contribution in [2.75, 3.05) is 5.32 Å². The zero-order chi connectivity index (χ0) is 21.3. The Bertz CT molecular complexity index is 903. The average Bonchev–Trinajstić information content (AvgIpc) is 3.13. The van der Waals surface area contributed by atoms with Gasteiger partial charge in [0.25, 0.3) is 0 Å². The van der Waals surface area contributed by atoms with Crippen LogP contribution in [0.2, 0.25) is 0 Å². The fourth-order valence-electron chi connectivity index (χ4n) is 4.01. The Hall–Kier alpha value is -2.67. The van der Waals surface area contributed by atoms with E-state index in [1.54, 1.807) is 4.90 Å². The number of rotatable bonds is 3. The zero-order valence-corrected chi connectivity index (χ0v) is 17.9. The number of carbonyl (C=O) groups excluding carboxylic acids is 1. The molecule has 0 unspecified atom stereocenters. The highest BCUT2D eigenvalue weighted by molar-refractivity contribution is 5.72. The van der Waals surface area contributed by atoms with Crippen LogP contribution in [-0.4, -0.2) is 43.8 Å². The van der Waals surface area contributed by atoms with Crippen molar-refractivity contribution in [3.05, 3.63) is 41.6 Å². The number of anilines is 1. The standard InChI is InChI=1S/C23H30N4O3/c1-23(2,3)30-22(29)27-13-18-19(14-27)25-21(24-16-9-11-17(28)12-10-16)26-20(18)15-7-5-4-6-8-15/h4-8,16-17,28H,9-14H2,1-3H3,(H,24,25,26). The third-order valence-electron chi connectivity index (χ3n) is 5.51. The van der Waals surface area contributed by atoms with Gasteiger partial charge in [0, 0.05) is 17.2 Å². The lowest BCUT2D eigenvalue weighted by Crippen LogP contribution is -2.33. The van der Waals surface area contributed by atoms with Crippen molar-refractivity contribution in [3.8, 4) is 11.3 Å². The number of nitrogens with zero attached hydrogens (tertiary/aromatic N) is 3. The lowest BCUT2D eigenvalue weighted by Gasteiger charge is -2.26. The van der Waals surface area contributed by atoms with Crippen molar-refractivity contribution in [2.24, 2.45) is 0 Å². The topological polar surface area (TPSA) is 87.6 Å². The molecule has 0 atom stereocenters. The number of hydrogen-bond acceptors (Lipinski definition) is 6. The van der Waals surface area contributed by atoms with Crippen LogP contribution in [0.25, 0.3) is 11.3 Å². The van der Waals surface area contributed by atoms with Gasteiger partial charge in [-0.3, -0.25) is 4.90 Å². The Kier molecular flexibility index (Phi) is 5.64. The van der Waals surface area contributed by atoms with Crippen molar-refractivity contribution in [2.45, 2.75) is 77.3 Å². The molecule has 0 saturated heterocycles. The number of nitrogens with one attached hydrogen (secondary N) is 1. The fraction of sp³-hybridized carbons (Fsp3) is 0.522. The molecule has 1 aromatic carbocycles. The lowest BCUT2D eigenvalue weighted by atomic mass is 9.93. The number of amides is 1. The van der Waals surface area contributed by atoms with Gasteiger partial charge in [-0.25, -0.2) is 14.8 Å². The fourth-order valence-corrected chi connectivity index (χ4v) is 4.01. The molecule has 1 aliphatic carbocycles. The molecule has 2 aliphatic rings. The summed E-state index contributed by atoms with van der Waals surface area (Å²) >= 11 is 0. The molecule has 7 heteroatoms. The minimum Gasteiger partial charge on any atom is -0.444 e. The number of aliphatic hydroxyl groups excluding tert-OH is 1. The molecule has 1 aromatic heterocycles. The Morgan fingerprint density at radius 3 is 2.47 bits per heavy atom. The number of benzene rings is 1. The van der Waals surface area contributed by atoms with Gasteiger partial charge in [0.1, 0.15) is 5.60 Å². The molecule has 2 aromatic rings. The Labute approximate surface area is 177 Å². The first-order valence-corrected chi connectivity index (χ1v) is 10.7. The van der Waals surface area contributed by atoms with E-state index in [0.717, 1.165) is 48.2 Å². The molecule has 7 nitrogen and oxygen atoms in total. The minimum atomic E-state index is -0.544. The van der Waals surface area contributed by atoms with Crippen molar-refractivity contribution in [1.29, 1.82) is 0 Å². The highest BCUT2D eigenvalue weighted by atomic mass is 16.6. The van der Waals surface area contributed by atoms with Crippen LogP contribution in [-0.2, 0) is 17.8 Å². The second-order valence-electron chi connectivity index (χ2n) is 9.17. The van der Waals surface area contributed by atoms with Gasteiger partial charge in [-0.2, -0.15) is 0 Å². The number of aromatic nitrogens is 2. The summed E-state index contributed by atoms with van der Waals surface area (Å²) in [4.78, 5) is 23.9. The number of carbonyl (C=O) groups is 1. The van der Waals surface area contributed by atoms with Crippen molar-refractivity contribution < 1.29 is 14.6 Å². The summed E-state index contributed by atoms with van der Waals surface area (Å²) in [5, 5.41) is 13.2. The predicted octanol–water partition coefficient (Wildman–Crippen LogP) is 4.11. The highest BCUT2D eigenvalue weighted by Crippen LogP contribution is 2.33. The summed E-state index contributed by atoms with van der Waals surface area (Å²) < 4.78 is 5.56. The van der Waals surface area contributed by atoms with Crippen LogP contribution in [0.15, 0.2) is 30.3 Å². The van der Waals surface area contributed by atoms with Crippen LogP contribution in [0.5, 0.6) is 0 Å². The van der Waals surface area contributed by atoms with E-state index in [-0.39, 0.29) is 18.2 Å². The summed E-state index contributed by atoms with van der Waals surface area (Å²) in [7, 11) is 0. The SMILES string of the molecule is CC(C)(C)OC(=O)N1Cc2nc(NC3CCC(O)CC3)nc(-c3ccccc3)c2C1. The van der Waals surface area contributed by atoms with Crippen molar-refractivity contribution in [1.82, 2.24) is 14.9 Å². The van der Waals surface area contributed by atoms with Gasteiger partial charge in [-0.1, -0.05) is 30.3 Å². The van der Waals surface area contributed by atoms with Gasteiger partial charge < -0.3 is 15.2 Å².